The van der Waals surface area contributed by atoms with Gasteiger partial charge >= 0.3 is 0 Å². The number of amidine groups is 1. The number of nitrogens with two attached hydrogens (primary N) is 1. The Morgan fingerprint density at radius 2 is 2.00 bits per heavy atom. The third-order valence-electron chi connectivity index (χ3n) is 1.79. The molecule has 0 saturated carbocycles. The molecule has 0 aromatic heterocycles. The summed E-state index contributed by atoms with van der Waals surface area (Å²) in [5.74, 6) is 0.319. The summed E-state index contributed by atoms with van der Waals surface area (Å²) >= 11 is 0. The maximum Gasteiger partial charge on any atom is 0.169 e. The molecule has 76 valence electrons. The number of aromatic hydroxyl groups is 1. The van der Waals surface area contributed by atoms with Crippen molar-refractivity contribution < 1.29 is 14.6 Å². The quantitative estimate of drug-likeness (QED) is 0.490. The van der Waals surface area contributed by atoms with Gasteiger partial charge in [-0.05, 0) is 6.07 Å². The Kier molecular flexibility index (Phi) is 2.81. The highest BCUT2D eigenvalue weighted by molar-refractivity contribution is 5.98. The average molecular weight is 196 g/mol. The van der Waals surface area contributed by atoms with Gasteiger partial charge in [0.05, 0.1) is 19.8 Å². The summed E-state index contributed by atoms with van der Waals surface area (Å²) in [5.41, 5.74) is 5.47. The fourth-order valence-electron chi connectivity index (χ4n) is 1.06. The number of nitrogen functional groups attached to an aromatic ring is 1. The summed E-state index contributed by atoms with van der Waals surface area (Å²) in [6.07, 6.45) is 0. The minimum atomic E-state index is -0.236. The van der Waals surface area contributed by atoms with Crippen molar-refractivity contribution in [1.29, 1.82) is 5.41 Å². The van der Waals surface area contributed by atoms with Crippen molar-refractivity contribution in [3.05, 3.63) is 17.7 Å². The summed E-state index contributed by atoms with van der Waals surface area (Å²) in [6, 6.07) is 2.99. The van der Waals surface area contributed by atoms with Gasteiger partial charge in [-0.3, -0.25) is 5.41 Å². The molecule has 1 aromatic carbocycles. The molecule has 0 spiro atoms. The fourth-order valence-corrected chi connectivity index (χ4v) is 1.06. The van der Waals surface area contributed by atoms with Crippen LogP contribution in [0.2, 0.25) is 0 Å². The number of phenols is 1. The molecule has 0 unspecified atom stereocenters. The van der Waals surface area contributed by atoms with E-state index in [0.717, 1.165) is 0 Å². The number of nitrogens with one attached hydrogen (secondary N) is 1. The second kappa shape index (κ2) is 3.87. The van der Waals surface area contributed by atoms with Crippen molar-refractivity contribution in [1.82, 2.24) is 0 Å². The van der Waals surface area contributed by atoms with Gasteiger partial charge in [-0.25, -0.2) is 0 Å². The van der Waals surface area contributed by atoms with E-state index in [4.69, 9.17) is 20.6 Å². The molecule has 0 aliphatic heterocycles. The van der Waals surface area contributed by atoms with Gasteiger partial charge in [0.25, 0.3) is 0 Å². The Morgan fingerprint density at radius 1 is 1.36 bits per heavy atom. The lowest BCUT2D eigenvalue weighted by molar-refractivity contribution is 0.363. The highest BCUT2D eigenvalue weighted by Crippen LogP contribution is 2.34. The van der Waals surface area contributed by atoms with E-state index >= 15 is 0 Å². The molecule has 5 nitrogen and oxygen atoms in total. The molecular weight excluding hydrogens is 184 g/mol. The zero-order chi connectivity index (χ0) is 10.7. The van der Waals surface area contributed by atoms with E-state index in [1.807, 2.05) is 0 Å². The molecule has 0 aliphatic rings. The molecule has 0 amide bonds. The Labute approximate surface area is 81.6 Å². The van der Waals surface area contributed by atoms with E-state index in [1.54, 1.807) is 0 Å². The van der Waals surface area contributed by atoms with Crippen LogP contribution in [0.5, 0.6) is 17.2 Å². The van der Waals surface area contributed by atoms with Crippen LogP contribution < -0.4 is 15.2 Å². The average Bonchev–Trinajstić information content (AvgIpc) is 2.17. The molecular formula is C9H12N2O3. The Balaban J connectivity index is 3.34. The Bertz CT molecular complexity index is 363. The van der Waals surface area contributed by atoms with Crippen LogP contribution in [0, 0.1) is 5.41 Å². The zero-order valence-corrected chi connectivity index (χ0v) is 8.00. The van der Waals surface area contributed by atoms with Gasteiger partial charge in [0, 0.05) is 6.07 Å². The smallest absolute Gasteiger partial charge is 0.169 e. The van der Waals surface area contributed by atoms with Crippen molar-refractivity contribution in [2.75, 3.05) is 14.2 Å². The maximum absolute atomic E-state index is 9.58. The van der Waals surface area contributed by atoms with Crippen LogP contribution in [0.1, 0.15) is 5.56 Å². The standard InChI is InChI=1S/C9H12N2O3/c1-13-5-3-6(9(10)11)8(12)7(4-5)14-2/h3-4,12H,1-2H3,(H3,10,11). The molecule has 1 aromatic rings. The van der Waals surface area contributed by atoms with Crippen LogP contribution in [0.25, 0.3) is 0 Å². The first kappa shape index (κ1) is 10.2. The van der Waals surface area contributed by atoms with E-state index in [-0.39, 0.29) is 22.9 Å². The third kappa shape index (κ3) is 1.71. The number of methoxy groups -OCH3 is 2. The number of rotatable bonds is 3. The zero-order valence-electron chi connectivity index (χ0n) is 8.00. The van der Waals surface area contributed by atoms with E-state index in [2.05, 4.69) is 0 Å². The number of hydrogen-bond acceptors (Lipinski definition) is 4. The number of ether oxygens (including phenoxy) is 2. The van der Waals surface area contributed by atoms with Gasteiger partial charge < -0.3 is 20.3 Å². The Hall–Kier alpha value is -1.91. The van der Waals surface area contributed by atoms with Crippen LogP contribution in [0.3, 0.4) is 0 Å². The summed E-state index contributed by atoms with van der Waals surface area (Å²) in [4.78, 5) is 0. The molecule has 0 radical (unpaired) electrons. The van der Waals surface area contributed by atoms with Crippen molar-refractivity contribution in [3.8, 4) is 17.2 Å². The van der Waals surface area contributed by atoms with Crippen molar-refractivity contribution in [2.24, 2.45) is 5.73 Å². The number of benzene rings is 1. The predicted octanol–water partition coefficient (Wildman–Crippen LogP) is 0.693. The topological polar surface area (TPSA) is 88.6 Å². The fraction of sp³-hybridized carbons (Fsp3) is 0.222. The van der Waals surface area contributed by atoms with Crippen LogP contribution in [0.4, 0.5) is 0 Å². The number of hydrogen-bond donors (Lipinski definition) is 3. The normalized spacial score (nSPS) is 9.57. The van der Waals surface area contributed by atoms with E-state index in [0.29, 0.717) is 5.75 Å². The van der Waals surface area contributed by atoms with Gasteiger partial charge in [-0.15, -0.1) is 0 Å². The minimum Gasteiger partial charge on any atom is -0.504 e. The van der Waals surface area contributed by atoms with Crippen LogP contribution in [0.15, 0.2) is 12.1 Å². The van der Waals surface area contributed by atoms with Gasteiger partial charge in [-0.1, -0.05) is 0 Å². The molecule has 0 aliphatic carbocycles. The predicted molar refractivity (Wildman–Crippen MR) is 52.2 cm³/mol. The Morgan fingerprint density at radius 3 is 2.43 bits per heavy atom. The number of phenolic OH excluding ortho intramolecular Hbond substituents is 1. The molecule has 4 N–H and O–H groups in total. The lowest BCUT2D eigenvalue weighted by atomic mass is 10.1. The highest BCUT2D eigenvalue weighted by Gasteiger charge is 2.12. The van der Waals surface area contributed by atoms with Gasteiger partial charge in [0.1, 0.15) is 11.6 Å². The first-order valence-electron chi connectivity index (χ1n) is 3.89. The molecule has 14 heavy (non-hydrogen) atoms. The monoisotopic (exact) mass is 196 g/mol. The summed E-state index contributed by atoms with van der Waals surface area (Å²) in [7, 11) is 2.90. The molecule has 0 saturated heterocycles. The summed E-state index contributed by atoms with van der Waals surface area (Å²) in [5, 5.41) is 16.8. The second-order valence-corrected chi connectivity index (χ2v) is 2.64. The molecule has 0 bridgehead atoms. The highest BCUT2D eigenvalue weighted by atomic mass is 16.5. The molecule has 1 rings (SSSR count). The molecule has 5 heteroatoms. The largest absolute Gasteiger partial charge is 0.504 e. The minimum absolute atomic E-state index is 0.152. The van der Waals surface area contributed by atoms with Crippen molar-refractivity contribution >= 4 is 5.84 Å². The molecule has 0 atom stereocenters. The van der Waals surface area contributed by atoms with E-state index < -0.39 is 0 Å². The first-order chi connectivity index (χ1) is 6.60. The second-order valence-electron chi connectivity index (χ2n) is 2.64. The first-order valence-corrected chi connectivity index (χ1v) is 3.89. The lowest BCUT2D eigenvalue weighted by Gasteiger charge is -2.10. The van der Waals surface area contributed by atoms with Gasteiger partial charge in [0.2, 0.25) is 0 Å². The molecule has 0 heterocycles. The SMILES string of the molecule is COc1cc(OC)c(O)c(C(=N)N)c1. The van der Waals surface area contributed by atoms with Gasteiger partial charge in [0.15, 0.2) is 11.5 Å². The van der Waals surface area contributed by atoms with E-state index in [9.17, 15) is 5.11 Å². The van der Waals surface area contributed by atoms with Crippen molar-refractivity contribution in [2.45, 2.75) is 0 Å². The van der Waals surface area contributed by atoms with Crippen molar-refractivity contribution in [3.63, 3.8) is 0 Å². The van der Waals surface area contributed by atoms with Crippen LogP contribution in [-0.2, 0) is 0 Å². The molecule has 0 fully saturated rings. The van der Waals surface area contributed by atoms with Crippen LogP contribution >= 0.6 is 0 Å². The summed E-state index contributed by atoms with van der Waals surface area (Å²) < 4.78 is 9.86. The van der Waals surface area contributed by atoms with Crippen LogP contribution in [-0.4, -0.2) is 25.2 Å². The lowest BCUT2D eigenvalue weighted by Crippen LogP contribution is -2.11. The van der Waals surface area contributed by atoms with Gasteiger partial charge in [-0.2, -0.15) is 0 Å². The summed E-state index contributed by atoms with van der Waals surface area (Å²) in [6.45, 7) is 0. The third-order valence-corrected chi connectivity index (χ3v) is 1.79. The maximum atomic E-state index is 9.58. The van der Waals surface area contributed by atoms with E-state index in [1.165, 1.54) is 26.4 Å².